The van der Waals surface area contributed by atoms with Crippen LogP contribution in [-0.2, 0) is 4.79 Å². The number of hydrogen-bond acceptors (Lipinski definition) is 2. The third-order valence-corrected chi connectivity index (χ3v) is 4.18. The van der Waals surface area contributed by atoms with E-state index in [0.717, 1.165) is 12.8 Å². The Morgan fingerprint density at radius 1 is 1.44 bits per heavy atom. The molecule has 1 aliphatic carbocycles. The van der Waals surface area contributed by atoms with Gasteiger partial charge in [0.2, 0.25) is 5.91 Å². The SMILES string of the molecule is C[C@H](C(=O)N1C(C#N)CC2CC21)C(C)(C)C. The summed E-state index contributed by atoms with van der Waals surface area (Å²) in [6.07, 6.45) is 2.00. The molecule has 1 saturated carbocycles. The van der Waals surface area contributed by atoms with Crippen molar-refractivity contribution < 1.29 is 4.79 Å². The van der Waals surface area contributed by atoms with E-state index in [1.54, 1.807) is 0 Å². The van der Waals surface area contributed by atoms with Gasteiger partial charge in [0, 0.05) is 12.0 Å². The third-order valence-electron chi connectivity index (χ3n) is 4.18. The summed E-state index contributed by atoms with van der Waals surface area (Å²) < 4.78 is 0. The Morgan fingerprint density at radius 2 is 2.06 bits per heavy atom. The normalized spacial score (nSPS) is 34.2. The number of nitrogens with zero attached hydrogens (tertiary/aromatic N) is 2. The maximum Gasteiger partial charge on any atom is 0.227 e. The van der Waals surface area contributed by atoms with Crippen LogP contribution in [0.2, 0.25) is 0 Å². The molecule has 0 N–H and O–H groups in total. The molecule has 3 nitrogen and oxygen atoms in total. The molecule has 0 aromatic rings. The maximum absolute atomic E-state index is 12.4. The van der Waals surface area contributed by atoms with Crippen molar-refractivity contribution in [3.63, 3.8) is 0 Å². The van der Waals surface area contributed by atoms with Crippen LogP contribution in [-0.4, -0.2) is 22.9 Å². The fraction of sp³-hybridized carbons (Fsp3) is 0.846. The second-order valence-electron chi connectivity index (χ2n) is 6.28. The first-order valence-electron chi connectivity index (χ1n) is 6.08. The van der Waals surface area contributed by atoms with Crippen LogP contribution in [0.1, 0.15) is 40.5 Å². The van der Waals surface area contributed by atoms with Gasteiger partial charge in [0.05, 0.1) is 6.07 Å². The molecule has 1 saturated heterocycles. The summed E-state index contributed by atoms with van der Waals surface area (Å²) in [4.78, 5) is 14.2. The molecule has 3 heteroatoms. The zero-order chi connectivity index (χ0) is 12.1. The summed E-state index contributed by atoms with van der Waals surface area (Å²) >= 11 is 0. The van der Waals surface area contributed by atoms with Gasteiger partial charge in [-0.1, -0.05) is 27.7 Å². The zero-order valence-corrected chi connectivity index (χ0v) is 10.5. The minimum absolute atomic E-state index is 0.0114. The molecule has 0 radical (unpaired) electrons. The van der Waals surface area contributed by atoms with Crippen LogP contribution in [0.3, 0.4) is 0 Å². The van der Waals surface area contributed by atoms with E-state index in [-0.39, 0.29) is 23.3 Å². The Balaban J connectivity index is 2.13. The van der Waals surface area contributed by atoms with Crippen molar-refractivity contribution in [3.8, 4) is 6.07 Å². The van der Waals surface area contributed by atoms with E-state index in [9.17, 15) is 4.79 Å². The van der Waals surface area contributed by atoms with E-state index in [0.29, 0.717) is 12.0 Å². The fourth-order valence-corrected chi connectivity index (χ4v) is 2.48. The first-order chi connectivity index (χ1) is 7.36. The van der Waals surface area contributed by atoms with Crippen LogP contribution in [0.15, 0.2) is 0 Å². The van der Waals surface area contributed by atoms with Crippen LogP contribution < -0.4 is 0 Å². The van der Waals surface area contributed by atoms with Crippen molar-refractivity contribution in [1.29, 1.82) is 5.26 Å². The van der Waals surface area contributed by atoms with Gasteiger partial charge in [-0.25, -0.2) is 0 Å². The molecular weight excluding hydrogens is 200 g/mol. The molecule has 2 rings (SSSR count). The minimum atomic E-state index is -0.166. The summed E-state index contributed by atoms with van der Waals surface area (Å²) in [5.74, 6) is 0.771. The molecule has 88 valence electrons. The molecule has 0 bridgehead atoms. The van der Waals surface area contributed by atoms with Crippen molar-refractivity contribution in [3.05, 3.63) is 0 Å². The van der Waals surface area contributed by atoms with Gasteiger partial charge in [-0.3, -0.25) is 4.79 Å². The second kappa shape index (κ2) is 3.48. The molecule has 1 heterocycles. The number of likely N-dealkylation sites (tertiary alicyclic amines) is 1. The average molecular weight is 220 g/mol. The maximum atomic E-state index is 12.4. The Kier molecular flexibility index (Phi) is 2.49. The molecule has 1 aliphatic heterocycles. The number of amides is 1. The standard InChI is InChI=1S/C13H20N2O/c1-8(13(2,3)4)12(16)15-10(7-14)5-9-6-11(9)15/h8-11H,5-6H2,1-4H3/t8-,9?,10?,11?/m1/s1. The second-order valence-corrected chi connectivity index (χ2v) is 6.28. The Bertz CT molecular complexity index is 350. The predicted molar refractivity (Wildman–Crippen MR) is 61.4 cm³/mol. The highest BCUT2D eigenvalue weighted by Crippen LogP contribution is 2.48. The van der Waals surface area contributed by atoms with E-state index in [1.807, 2.05) is 11.8 Å². The number of rotatable bonds is 1. The highest BCUT2D eigenvalue weighted by Gasteiger charge is 2.55. The molecule has 0 spiro atoms. The summed E-state index contributed by atoms with van der Waals surface area (Å²) in [7, 11) is 0. The molecular formula is C13H20N2O. The lowest BCUT2D eigenvalue weighted by atomic mass is 9.81. The monoisotopic (exact) mass is 220 g/mol. The zero-order valence-electron chi connectivity index (χ0n) is 10.5. The summed E-state index contributed by atoms with van der Waals surface area (Å²) in [5.41, 5.74) is -0.0237. The Labute approximate surface area is 97.4 Å². The topological polar surface area (TPSA) is 44.1 Å². The smallest absolute Gasteiger partial charge is 0.227 e. The van der Waals surface area contributed by atoms with Gasteiger partial charge in [0.1, 0.15) is 6.04 Å². The van der Waals surface area contributed by atoms with Gasteiger partial charge in [0.15, 0.2) is 0 Å². The lowest BCUT2D eigenvalue weighted by Crippen LogP contribution is -2.44. The van der Waals surface area contributed by atoms with E-state index < -0.39 is 0 Å². The molecule has 2 fully saturated rings. The summed E-state index contributed by atoms with van der Waals surface area (Å²) in [6, 6.07) is 2.48. The van der Waals surface area contributed by atoms with Crippen molar-refractivity contribution in [1.82, 2.24) is 4.90 Å². The molecule has 4 atom stereocenters. The van der Waals surface area contributed by atoms with Crippen LogP contribution in [0, 0.1) is 28.6 Å². The number of fused-ring (bicyclic) bond motifs is 1. The van der Waals surface area contributed by atoms with Gasteiger partial charge in [-0.05, 0) is 24.2 Å². The lowest BCUT2D eigenvalue weighted by molar-refractivity contribution is -0.139. The van der Waals surface area contributed by atoms with E-state index in [2.05, 4.69) is 26.8 Å². The van der Waals surface area contributed by atoms with Crippen LogP contribution in [0.4, 0.5) is 0 Å². The average Bonchev–Trinajstić information content (AvgIpc) is 2.86. The largest absolute Gasteiger partial charge is 0.323 e. The molecule has 2 aliphatic rings. The molecule has 3 unspecified atom stereocenters. The molecule has 16 heavy (non-hydrogen) atoms. The lowest BCUT2D eigenvalue weighted by Gasteiger charge is -2.32. The predicted octanol–water partition coefficient (Wildman–Crippen LogP) is 2.18. The van der Waals surface area contributed by atoms with Crippen molar-refractivity contribution in [2.24, 2.45) is 17.3 Å². The Morgan fingerprint density at radius 3 is 2.56 bits per heavy atom. The van der Waals surface area contributed by atoms with Gasteiger partial charge < -0.3 is 4.90 Å². The number of hydrogen-bond donors (Lipinski definition) is 0. The van der Waals surface area contributed by atoms with E-state index in [4.69, 9.17) is 5.26 Å². The summed E-state index contributed by atoms with van der Waals surface area (Å²) in [5, 5.41) is 9.06. The number of carbonyl (C=O) groups excluding carboxylic acids is 1. The molecule has 1 amide bonds. The molecule has 0 aromatic carbocycles. The first-order valence-corrected chi connectivity index (χ1v) is 6.08. The number of nitriles is 1. The summed E-state index contributed by atoms with van der Waals surface area (Å²) in [6.45, 7) is 8.22. The van der Waals surface area contributed by atoms with Gasteiger partial charge in [-0.15, -0.1) is 0 Å². The number of piperidine rings is 1. The van der Waals surface area contributed by atoms with Crippen LogP contribution in [0.25, 0.3) is 0 Å². The van der Waals surface area contributed by atoms with Crippen molar-refractivity contribution >= 4 is 5.91 Å². The highest BCUT2D eigenvalue weighted by molar-refractivity contribution is 5.81. The van der Waals surface area contributed by atoms with E-state index >= 15 is 0 Å². The van der Waals surface area contributed by atoms with Gasteiger partial charge >= 0.3 is 0 Å². The fourth-order valence-electron chi connectivity index (χ4n) is 2.48. The van der Waals surface area contributed by atoms with Crippen LogP contribution >= 0.6 is 0 Å². The minimum Gasteiger partial charge on any atom is -0.323 e. The third kappa shape index (κ3) is 1.71. The van der Waals surface area contributed by atoms with Crippen molar-refractivity contribution in [2.75, 3.05) is 0 Å². The first kappa shape index (κ1) is 11.4. The van der Waals surface area contributed by atoms with Gasteiger partial charge in [-0.2, -0.15) is 5.26 Å². The number of carbonyl (C=O) groups is 1. The van der Waals surface area contributed by atoms with E-state index in [1.165, 1.54) is 0 Å². The molecule has 0 aromatic heterocycles. The highest BCUT2D eigenvalue weighted by atomic mass is 16.2. The quantitative estimate of drug-likeness (QED) is 0.680. The van der Waals surface area contributed by atoms with Crippen molar-refractivity contribution in [2.45, 2.75) is 52.6 Å². The Hall–Kier alpha value is -1.04. The van der Waals surface area contributed by atoms with Crippen LogP contribution in [0.5, 0.6) is 0 Å². The van der Waals surface area contributed by atoms with Gasteiger partial charge in [0.25, 0.3) is 0 Å².